The molecule has 0 saturated carbocycles. The van der Waals surface area contributed by atoms with Gasteiger partial charge in [0.25, 0.3) is 0 Å². The standard InChI is InChI=1S/C20H26BrNO4/c1-13(19(24)26-20(3,4)5)10-15-11-16(21)6-7-18(15)22-9-8-17(12-22)25-14(2)23/h6-7,10-11,17H,8-9,12H2,1-5H3. The van der Waals surface area contributed by atoms with Gasteiger partial charge in [0, 0.05) is 35.6 Å². The Labute approximate surface area is 163 Å². The molecule has 5 nitrogen and oxygen atoms in total. The van der Waals surface area contributed by atoms with E-state index < -0.39 is 5.60 Å². The average molecular weight is 424 g/mol. The number of esters is 2. The number of carbonyl (C=O) groups is 2. The van der Waals surface area contributed by atoms with E-state index in [1.807, 2.05) is 45.0 Å². The molecule has 1 saturated heterocycles. The van der Waals surface area contributed by atoms with Gasteiger partial charge in [-0.3, -0.25) is 4.79 Å². The van der Waals surface area contributed by atoms with Crippen LogP contribution in [0.1, 0.15) is 46.6 Å². The molecular formula is C20H26BrNO4. The van der Waals surface area contributed by atoms with Crippen LogP contribution in [0.3, 0.4) is 0 Å². The summed E-state index contributed by atoms with van der Waals surface area (Å²) in [6, 6.07) is 5.95. The number of benzene rings is 1. The van der Waals surface area contributed by atoms with Gasteiger partial charge in [-0.1, -0.05) is 15.9 Å². The van der Waals surface area contributed by atoms with Crippen LogP contribution in [0, 0.1) is 0 Å². The van der Waals surface area contributed by atoms with E-state index >= 15 is 0 Å². The van der Waals surface area contributed by atoms with Crippen LogP contribution >= 0.6 is 15.9 Å². The first-order valence-electron chi connectivity index (χ1n) is 8.68. The van der Waals surface area contributed by atoms with Crippen LogP contribution in [0.4, 0.5) is 5.69 Å². The Morgan fingerprint density at radius 2 is 1.96 bits per heavy atom. The van der Waals surface area contributed by atoms with Crippen molar-refractivity contribution in [2.45, 2.75) is 52.7 Å². The lowest BCUT2D eigenvalue weighted by Crippen LogP contribution is -2.25. The number of anilines is 1. The molecule has 0 N–H and O–H groups in total. The van der Waals surface area contributed by atoms with Crippen molar-refractivity contribution in [3.8, 4) is 0 Å². The summed E-state index contributed by atoms with van der Waals surface area (Å²) < 4.78 is 11.7. The Morgan fingerprint density at radius 3 is 2.58 bits per heavy atom. The van der Waals surface area contributed by atoms with Crippen molar-refractivity contribution in [3.05, 3.63) is 33.8 Å². The summed E-state index contributed by atoms with van der Waals surface area (Å²) >= 11 is 3.49. The fraction of sp³-hybridized carbons (Fsp3) is 0.500. The minimum absolute atomic E-state index is 0.0973. The first kappa shape index (κ1) is 20.5. The van der Waals surface area contributed by atoms with Crippen LogP contribution in [-0.4, -0.2) is 36.7 Å². The highest BCUT2D eigenvalue weighted by molar-refractivity contribution is 9.10. The van der Waals surface area contributed by atoms with Gasteiger partial charge in [0.1, 0.15) is 11.7 Å². The Balaban J connectivity index is 2.24. The quantitative estimate of drug-likeness (QED) is 0.532. The first-order valence-corrected chi connectivity index (χ1v) is 9.48. The molecule has 0 radical (unpaired) electrons. The molecule has 0 aliphatic carbocycles. The van der Waals surface area contributed by atoms with Gasteiger partial charge in [0.2, 0.25) is 0 Å². The Bertz CT molecular complexity index is 721. The smallest absolute Gasteiger partial charge is 0.334 e. The monoisotopic (exact) mass is 423 g/mol. The second-order valence-corrected chi connectivity index (χ2v) is 8.41. The molecule has 1 unspecified atom stereocenters. The summed E-state index contributed by atoms with van der Waals surface area (Å²) in [6.07, 6.45) is 2.54. The Hall–Kier alpha value is -1.82. The number of halogens is 1. The van der Waals surface area contributed by atoms with Gasteiger partial charge in [-0.25, -0.2) is 4.79 Å². The molecule has 0 aromatic heterocycles. The van der Waals surface area contributed by atoms with Crippen LogP contribution in [0.25, 0.3) is 6.08 Å². The molecule has 2 rings (SSSR count). The molecule has 1 aliphatic heterocycles. The maximum absolute atomic E-state index is 12.3. The molecule has 1 aromatic carbocycles. The first-order chi connectivity index (χ1) is 12.0. The van der Waals surface area contributed by atoms with Crippen LogP contribution < -0.4 is 4.90 Å². The molecular weight excluding hydrogens is 398 g/mol. The molecule has 0 bridgehead atoms. The normalized spacial score (nSPS) is 18.0. The fourth-order valence-corrected chi connectivity index (χ4v) is 3.24. The third-order valence-corrected chi connectivity index (χ3v) is 4.39. The highest BCUT2D eigenvalue weighted by Gasteiger charge is 2.26. The Kier molecular flexibility index (Phi) is 6.50. The van der Waals surface area contributed by atoms with Crippen LogP contribution in [0.2, 0.25) is 0 Å². The van der Waals surface area contributed by atoms with Crippen LogP contribution in [0.15, 0.2) is 28.2 Å². The minimum atomic E-state index is -0.529. The van der Waals surface area contributed by atoms with Gasteiger partial charge < -0.3 is 14.4 Å². The van der Waals surface area contributed by atoms with E-state index in [-0.39, 0.29) is 18.0 Å². The molecule has 6 heteroatoms. The number of carbonyl (C=O) groups excluding carboxylic acids is 2. The summed E-state index contributed by atoms with van der Waals surface area (Å²) in [4.78, 5) is 25.6. The van der Waals surface area contributed by atoms with Crippen molar-refractivity contribution in [3.63, 3.8) is 0 Å². The third-order valence-electron chi connectivity index (χ3n) is 3.90. The number of hydrogen-bond donors (Lipinski definition) is 0. The second kappa shape index (κ2) is 8.25. The fourth-order valence-electron chi connectivity index (χ4n) is 2.86. The van der Waals surface area contributed by atoms with E-state index in [9.17, 15) is 9.59 Å². The molecule has 1 heterocycles. The summed E-state index contributed by atoms with van der Waals surface area (Å²) in [5.74, 6) is -0.587. The third kappa shape index (κ3) is 5.87. The van der Waals surface area contributed by atoms with Crippen molar-refractivity contribution in [1.82, 2.24) is 0 Å². The summed E-state index contributed by atoms with van der Waals surface area (Å²) in [5.41, 5.74) is 1.94. The number of nitrogens with zero attached hydrogens (tertiary/aromatic N) is 1. The maximum atomic E-state index is 12.3. The molecule has 1 aromatic rings. The maximum Gasteiger partial charge on any atom is 0.334 e. The topological polar surface area (TPSA) is 55.8 Å². The number of rotatable bonds is 4. The van der Waals surface area contributed by atoms with Gasteiger partial charge in [-0.2, -0.15) is 0 Å². The number of hydrogen-bond acceptors (Lipinski definition) is 5. The average Bonchev–Trinajstić information content (AvgIpc) is 2.93. The zero-order chi connectivity index (χ0) is 19.5. The lowest BCUT2D eigenvalue weighted by atomic mass is 10.1. The highest BCUT2D eigenvalue weighted by atomic mass is 79.9. The van der Waals surface area contributed by atoms with E-state index in [0.717, 1.165) is 28.7 Å². The van der Waals surface area contributed by atoms with E-state index in [0.29, 0.717) is 12.1 Å². The highest BCUT2D eigenvalue weighted by Crippen LogP contribution is 2.30. The summed E-state index contributed by atoms with van der Waals surface area (Å²) in [7, 11) is 0. The van der Waals surface area contributed by atoms with Crippen molar-refractivity contribution in [1.29, 1.82) is 0 Å². The Morgan fingerprint density at radius 1 is 1.27 bits per heavy atom. The van der Waals surface area contributed by atoms with Gasteiger partial charge in [-0.05, 0) is 57.5 Å². The lowest BCUT2D eigenvalue weighted by Gasteiger charge is -2.22. The van der Waals surface area contributed by atoms with Gasteiger partial charge in [-0.15, -0.1) is 0 Å². The van der Waals surface area contributed by atoms with Crippen molar-refractivity contribution >= 4 is 39.6 Å². The van der Waals surface area contributed by atoms with E-state index in [4.69, 9.17) is 9.47 Å². The van der Waals surface area contributed by atoms with E-state index in [2.05, 4.69) is 20.8 Å². The lowest BCUT2D eigenvalue weighted by molar-refractivity contribution is -0.149. The summed E-state index contributed by atoms with van der Waals surface area (Å²) in [6.45, 7) is 10.2. The molecule has 0 amide bonds. The van der Waals surface area contributed by atoms with Gasteiger partial charge >= 0.3 is 11.9 Å². The largest absolute Gasteiger partial charge is 0.461 e. The molecule has 26 heavy (non-hydrogen) atoms. The van der Waals surface area contributed by atoms with Crippen molar-refractivity contribution in [2.75, 3.05) is 18.0 Å². The van der Waals surface area contributed by atoms with Gasteiger partial charge in [0.15, 0.2) is 0 Å². The predicted octanol–water partition coefficient (Wildman–Crippen LogP) is 4.34. The van der Waals surface area contributed by atoms with E-state index in [1.165, 1.54) is 6.92 Å². The van der Waals surface area contributed by atoms with Crippen LogP contribution in [0.5, 0.6) is 0 Å². The summed E-state index contributed by atoms with van der Waals surface area (Å²) in [5, 5.41) is 0. The molecule has 1 atom stereocenters. The van der Waals surface area contributed by atoms with E-state index in [1.54, 1.807) is 6.92 Å². The second-order valence-electron chi connectivity index (χ2n) is 7.50. The SMILES string of the molecule is CC(=O)OC1CCN(c2ccc(Br)cc2C=C(C)C(=O)OC(C)(C)C)C1. The van der Waals surface area contributed by atoms with Crippen molar-refractivity contribution < 1.29 is 19.1 Å². The van der Waals surface area contributed by atoms with Crippen molar-refractivity contribution in [2.24, 2.45) is 0 Å². The zero-order valence-corrected chi connectivity index (χ0v) is 17.6. The molecule has 1 aliphatic rings. The minimum Gasteiger partial charge on any atom is -0.461 e. The van der Waals surface area contributed by atoms with Gasteiger partial charge in [0.05, 0.1) is 6.54 Å². The molecule has 1 fully saturated rings. The molecule has 0 spiro atoms. The molecule has 142 valence electrons. The zero-order valence-electron chi connectivity index (χ0n) is 16.0. The predicted molar refractivity (Wildman–Crippen MR) is 106 cm³/mol. The van der Waals surface area contributed by atoms with Crippen LogP contribution in [-0.2, 0) is 19.1 Å². The number of ether oxygens (including phenoxy) is 2.